The summed E-state index contributed by atoms with van der Waals surface area (Å²) in [6.45, 7) is 7.57. The van der Waals surface area contributed by atoms with E-state index in [0.717, 1.165) is 5.56 Å². The van der Waals surface area contributed by atoms with E-state index in [0.29, 0.717) is 6.61 Å². The van der Waals surface area contributed by atoms with Crippen molar-refractivity contribution in [3.8, 4) is 0 Å². The topological polar surface area (TPSA) is 107 Å². The number of nitrogens with zero attached hydrogens (tertiary/aromatic N) is 1. The molecule has 1 amide bonds. The zero-order valence-corrected chi connectivity index (χ0v) is 19.6. The quantitative estimate of drug-likeness (QED) is 0.631. The van der Waals surface area contributed by atoms with E-state index >= 15 is 0 Å². The van der Waals surface area contributed by atoms with Crippen LogP contribution in [0, 0.1) is 0 Å². The average molecular weight is 464 g/mol. The van der Waals surface area contributed by atoms with E-state index in [1.54, 1.807) is 13.8 Å². The molecule has 0 saturated carbocycles. The van der Waals surface area contributed by atoms with Gasteiger partial charge in [0.25, 0.3) is 5.91 Å². The maximum Gasteiger partial charge on any atom is 0.254 e. The fourth-order valence-corrected chi connectivity index (χ4v) is 5.89. The average Bonchev–Trinajstić information content (AvgIpc) is 3.27. The number of ether oxygens (including phenoxy) is 5. The molecule has 4 heterocycles. The Bertz CT molecular complexity index is 892. The number of β-lactam (4-membered cyclic amide) rings is 1. The summed E-state index contributed by atoms with van der Waals surface area (Å²) in [5.41, 5.74) is 0.785. The van der Waals surface area contributed by atoms with Crippen LogP contribution in [-0.4, -0.2) is 95.0 Å². The normalized spacial score (nSPS) is 43.9. The minimum absolute atomic E-state index is 0.284. The molecule has 9 atom stereocenters. The lowest BCUT2D eigenvalue weighted by molar-refractivity contribution is -0.229. The maximum absolute atomic E-state index is 13.0. The Morgan fingerprint density at radius 2 is 1.58 bits per heavy atom. The van der Waals surface area contributed by atoms with Crippen LogP contribution in [0.4, 0.5) is 0 Å². The number of fused-ring (bicyclic) bond motifs is 1. The Hall–Kier alpha value is -1.59. The minimum Gasteiger partial charge on any atom is -0.390 e. The summed E-state index contributed by atoms with van der Waals surface area (Å²) in [6.07, 6.45) is -4.58. The number of amides is 1. The van der Waals surface area contributed by atoms with Crippen molar-refractivity contribution in [2.75, 3.05) is 13.7 Å². The van der Waals surface area contributed by atoms with Crippen LogP contribution in [0.25, 0.3) is 0 Å². The largest absolute Gasteiger partial charge is 0.390 e. The number of piperidine rings is 1. The number of carbonyl (C=O) groups is 1. The highest BCUT2D eigenvalue weighted by Crippen LogP contribution is 2.48. The van der Waals surface area contributed by atoms with Gasteiger partial charge in [0.2, 0.25) is 0 Å². The Labute approximate surface area is 193 Å². The summed E-state index contributed by atoms with van der Waals surface area (Å²) in [6, 6.07) is 7.98. The number of hydrogen-bond acceptors (Lipinski definition) is 8. The molecule has 1 aromatic rings. The van der Waals surface area contributed by atoms with Crippen molar-refractivity contribution in [2.45, 2.75) is 93.9 Å². The van der Waals surface area contributed by atoms with Gasteiger partial charge in [0.15, 0.2) is 17.7 Å². The first kappa shape index (κ1) is 23.2. The molecule has 2 N–H and O–H groups in total. The van der Waals surface area contributed by atoms with Crippen LogP contribution in [0.2, 0.25) is 0 Å². The lowest BCUT2D eigenvalue weighted by atomic mass is 9.69. The van der Waals surface area contributed by atoms with Crippen LogP contribution < -0.4 is 0 Å². The van der Waals surface area contributed by atoms with E-state index in [-0.39, 0.29) is 5.91 Å². The Morgan fingerprint density at radius 3 is 2.18 bits per heavy atom. The molecule has 0 unspecified atom stereocenters. The molecule has 4 saturated heterocycles. The van der Waals surface area contributed by atoms with Gasteiger partial charge in [-0.1, -0.05) is 30.3 Å². The van der Waals surface area contributed by atoms with Crippen LogP contribution in [0.1, 0.15) is 39.2 Å². The molecule has 0 bridgehead atoms. The fraction of sp³-hybridized carbons (Fsp3) is 0.708. The number of aliphatic hydroxyl groups is 2. The molecule has 0 radical (unpaired) electrons. The summed E-state index contributed by atoms with van der Waals surface area (Å²) in [4.78, 5) is 14.6. The third kappa shape index (κ3) is 3.70. The molecular formula is C24H33NO8. The molecular weight excluding hydrogens is 430 g/mol. The van der Waals surface area contributed by atoms with Gasteiger partial charge in [0.1, 0.15) is 18.3 Å². The van der Waals surface area contributed by atoms with Crippen molar-refractivity contribution < 1.29 is 38.7 Å². The number of benzene rings is 1. The highest BCUT2D eigenvalue weighted by molar-refractivity contribution is 5.89. The number of aliphatic hydroxyl groups excluding tert-OH is 2. The third-order valence-corrected chi connectivity index (χ3v) is 7.22. The molecule has 5 rings (SSSR count). The molecule has 1 aromatic carbocycles. The lowest BCUT2D eigenvalue weighted by Crippen LogP contribution is -2.80. The first-order valence-electron chi connectivity index (χ1n) is 11.5. The van der Waals surface area contributed by atoms with Crippen LogP contribution in [0.15, 0.2) is 30.3 Å². The maximum atomic E-state index is 13.0. The SMILES string of the molecule is CO[C@H]1C(=O)N2[C@H]([C@H]3OC(C)(C)O[C@@H]3[C@H]3COC(C)(C)O3)[C@H](O)[C@H](c3ccccc3)[C@@H](O)[C@@H]12. The van der Waals surface area contributed by atoms with Gasteiger partial charge in [0.05, 0.1) is 30.9 Å². The highest BCUT2D eigenvalue weighted by Gasteiger charge is 2.66. The van der Waals surface area contributed by atoms with E-state index in [4.69, 9.17) is 23.7 Å². The lowest BCUT2D eigenvalue weighted by Gasteiger charge is -2.60. The van der Waals surface area contributed by atoms with Crippen molar-refractivity contribution in [2.24, 2.45) is 0 Å². The molecule has 4 aliphatic heterocycles. The summed E-state index contributed by atoms with van der Waals surface area (Å²) >= 11 is 0. The predicted octanol–water partition coefficient (Wildman–Crippen LogP) is 0.772. The van der Waals surface area contributed by atoms with Crippen LogP contribution >= 0.6 is 0 Å². The molecule has 4 aliphatic rings. The van der Waals surface area contributed by atoms with Crippen LogP contribution in [-0.2, 0) is 28.5 Å². The van der Waals surface area contributed by atoms with Crippen molar-refractivity contribution in [1.29, 1.82) is 0 Å². The van der Waals surface area contributed by atoms with Crippen LogP contribution in [0.3, 0.4) is 0 Å². The molecule has 33 heavy (non-hydrogen) atoms. The van der Waals surface area contributed by atoms with Gasteiger partial charge in [-0.25, -0.2) is 0 Å². The molecule has 9 heteroatoms. The number of rotatable bonds is 4. The highest BCUT2D eigenvalue weighted by atomic mass is 16.8. The van der Waals surface area contributed by atoms with E-state index in [2.05, 4.69) is 0 Å². The van der Waals surface area contributed by atoms with E-state index < -0.39 is 66.2 Å². The van der Waals surface area contributed by atoms with Gasteiger partial charge in [-0.15, -0.1) is 0 Å². The van der Waals surface area contributed by atoms with Gasteiger partial charge >= 0.3 is 0 Å². The second-order valence-electron chi connectivity index (χ2n) is 10.2. The van der Waals surface area contributed by atoms with E-state index in [9.17, 15) is 15.0 Å². The number of hydrogen-bond donors (Lipinski definition) is 2. The van der Waals surface area contributed by atoms with Crippen molar-refractivity contribution in [3.63, 3.8) is 0 Å². The second-order valence-corrected chi connectivity index (χ2v) is 10.2. The number of methoxy groups -OCH3 is 1. The van der Waals surface area contributed by atoms with Gasteiger partial charge < -0.3 is 38.8 Å². The molecule has 0 aliphatic carbocycles. The minimum atomic E-state index is -1.10. The monoisotopic (exact) mass is 463 g/mol. The van der Waals surface area contributed by atoms with Gasteiger partial charge in [0, 0.05) is 13.0 Å². The van der Waals surface area contributed by atoms with E-state index in [1.807, 2.05) is 44.2 Å². The fourth-order valence-electron chi connectivity index (χ4n) is 5.89. The molecule has 9 nitrogen and oxygen atoms in total. The zero-order valence-electron chi connectivity index (χ0n) is 19.6. The smallest absolute Gasteiger partial charge is 0.254 e. The van der Waals surface area contributed by atoms with Gasteiger partial charge in [-0.2, -0.15) is 0 Å². The molecule has 0 aromatic heterocycles. The van der Waals surface area contributed by atoms with Crippen molar-refractivity contribution in [1.82, 2.24) is 4.90 Å². The summed E-state index contributed by atoms with van der Waals surface area (Å²) < 4.78 is 29.8. The zero-order chi connectivity index (χ0) is 23.7. The van der Waals surface area contributed by atoms with Gasteiger partial charge in [-0.3, -0.25) is 4.79 Å². The summed E-state index contributed by atoms with van der Waals surface area (Å²) in [5, 5.41) is 22.9. The molecule has 182 valence electrons. The van der Waals surface area contributed by atoms with E-state index in [1.165, 1.54) is 12.0 Å². The first-order chi connectivity index (χ1) is 15.5. The standard InChI is InChI=1S/C24H33NO8/c1-23(2)30-11-13(31-23)19-20(33-24(3,4)32-19)15-17(26)14(12-9-7-6-8-10-12)18(27)16-21(29-5)22(28)25(15)16/h6-10,13-21,26-27H,11H2,1-5H3/t13-,14+,15+,16+,17-,18-,19-,20-,21-/m1/s1. The van der Waals surface area contributed by atoms with Gasteiger partial charge in [-0.05, 0) is 33.3 Å². The summed E-state index contributed by atoms with van der Waals surface area (Å²) in [5.74, 6) is -2.63. The van der Waals surface area contributed by atoms with Crippen molar-refractivity contribution in [3.05, 3.63) is 35.9 Å². The Kier molecular flexibility index (Phi) is 5.60. The summed E-state index contributed by atoms with van der Waals surface area (Å²) in [7, 11) is 1.46. The molecule has 4 fully saturated rings. The Morgan fingerprint density at radius 1 is 0.939 bits per heavy atom. The molecule has 0 spiro atoms. The first-order valence-corrected chi connectivity index (χ1v) is 11.5. The van der Waals surface area contributed by atoms with Crippen LogP contribution in [0.5, 0.6) is 0 Å². The predicted molar refractivity (Wildman–Crippen MR) is 115 cm³/mol. The third-order valence-electron chi connectivity index (χ3n) is 7.22. The number of carbonyl (C=O) groups excluding carboxylic acids is 1. The Balaban J connectivity index is 1.53. The van der Waals surface area contributed by atoms with Crippen molar-refractivity contribution >= 4 is 5.91 Å². The second kappa shape index (κ2) is 7.98.